The van der Waals surface area contributed by atoms with Crippen LogP contribution in [0.5, 0.6) is 0 Å². The smallest absolute Gasteiger partial charge is 0.344 e. The van der Waals surface area contributed by atoms with E-state index >= 15 is 0 Å². The molecule has 0 aliphatic rings. The van der Waals surface area contributed by atoms with Crippen LogP contribution >= 0.6 is 0 Å². The van der Waals surface area contributed by atoms with Crippen LogP contribution in [0.25, 0.3) is 0 Å². The second-order valence-electron chi connectivity index (χ2n) is 0.673. The standard InChI is InChI=1S/CH5AsO4.2H3N/c1-6-2(3,4)5;;/h1H3,(H2,3,4,5);2*1H3. The summed E-state index contributed by atoms with van der Waals surface area (Å²) in [7, 11) is 0.972. The molecule has 0 aromatic rings. The molecule has 8 heavy (non-hydrogen) atoms. The summed E-state index contributed by atoms with van der Waals surface area (Å²) in [6, 6.07) is 0. The van der Waals surface area contributed by atoms with Gasteiger partial charge in [0.05, 0.1) is 0 Å². The third-order valence-corrected chi connectivity index (χ3v) is 1.24. The molecular formula is CH11AsN2O4. The van der Waals surface area contributed by atoms with Crippen molar-refractivity contribution >= 4 is 14.5 Å². The van der Waals surface area contributed by atoms with Crippen molar-refractivity contribution in [3.63, 3.8) is 0 Å². The molecule has 0 atom stereocenters. The first-order chi connectivity index (χ1) is 2.56. The Balaban J connectivity index is -0.000000125. The van der Waals surface area contributed by atoms with Gasteiger partial charge in [0.25, 0.3) is 0 Å². The molecule has 0 unspecified atom stereocenters. The van der Waals surface area contributed by atoms with Crippen molar-refractivity contribution in [2.75, 3.05) is 7.11 Å². The number of rotatable bonds is 1. The van der Waals surface area contributed by atoms with Gasteiger partial charge in [0.2, 0.25) is 0 Å². The second-order valence-corrected chi connectivity index (χ2v) is 3.50. The van der Waals surface area contributed by atoms with E-state index in [-0.39, 0.29) is 12.3 Å². The summed E-state index contributed by atoms with van der Waals surface area (Å²) in [6.45, 7) is 0. The average Bonchev–Trinajstić information content (AvgIpc) is 1.35. The van der Waals surface area contributed by atoms with Gasteiger partial charge in [-0.1, -0.05) is 0 Å². The summed E-state index contributed by atoms with van der Waals surface area (Å²) in [5.41, 5.74) is 0. The van der Waals surface area contributed by atoms with Gasteiger partial charge < -0.3 is 12.3 Å². The van der Waals surface area contributed by atoms with Crippen LogP contribution < -0.4 is 12.3 Å². The normalized spacial score (nSPS) is 8.88. The second kappa shape index (κ2) is 5.30. The Morgan fingerprint density at radius 3 is 1.50 bits per heavy atom. The molecule has 0 heterocycles. The molecule has 54 valence electrons. The minimum Gasteiger partial charge on any atom is -0.344 e. The Morgan fingerprint density at radius 2 is 1.50 bits per heavy atom. The van der Waals surface area contributed by atoms with Gasteiger partial charge in [-0.3, -0.25) is 0 Å². The predicted octanol–water partition coefficient (Wildman–Crippen LogP) is -1.19. The van der Waals surface area contributed by atoms with Gasteiger partial charge in [0, 0.05) is 0 Å². The first kappa shape index (κ1) is 15.7. The van der Waals surface area contributed by atoms with Crippen molar-refractivity contribution in [3.8, 4) is 0 Å². The van der Waals surface area contributed by atoms with Crippen molar-refractivity contribution in [2.24, 2.45) is 0 Å². The molecule has 0 saturated carbocycles. The Kier molecular flexibility index (Phi) is 10.4. The zero-order chi connectivity index (χ0) is 5.21. The molecular weight excluding hydrogens is 179 g/mol. The zero-order valence-corrected chi connectivity index (χ0v) is 6.45. The molecule has 0 aliphatic carbocycles. The van der Waals surface area contributed by atoms with Crippen molar-refractivity contribution in [1.29, 1.82) is 0 Å². The predicted molar refractivity (Wildman–Crippen MR) is 27.9 cm³/mol. The van der Waals surface area contributed by atoms with E-state index in [1.54, 1.807) is 0 Å². The van der Waals surface area contributed by atoms with Crippen molar-refractivity contribution < 1.29 is 15.7 Å². The van der Waals surface area contributed by atoms with Crippen molar-refractivity contribution in [2.45, 2.75) is 0 Å². The van der Waals surface area contributed by atoms with Gasteiger partial charge in [0.1, 0.15) is 0 Å². The zero-order valence-electron chi connectivity index (χ0n) is 4.57. The van der Waals surface area contributed by atoms with E-state index in [4.69, 9.17) is 8.19 Å². The molecule has 0 rings (SSSR count). The maximum Gasteiger partial charge on any atom is -0.344 e. The van der Waals surface area contributed by atoms with Gasteiger partial charge in [-0.05, 0) is 0 Å². The SMILES string of the molecule is CO[As](=O)(O)O.N.N. The molecule has 0 aliphatic heterocycles. The fraction of sp³-hybridized carbons (Fsp3) is 1.00. The quantitative estimate of drug-likeness (QED) is 0.383. The summed E-state index contributed by atoms with van der Waals surface area (Å²) in [5.74, 6) is 0. The van der Waals surface area contributed by atoms with Crippen LogP contribution in [0, 0.1) is 0 Å². The molecule has 7 heteroatoms. The minimum absolute atomic E-state index is 0. The van der Waals surface area contributed by atoms with E-state index in [1.165, 1.54) is 0 Å². The van der Waals surface area contributed by atoms with Gasteiger partial charge in [0.15, 0.2) is 0 Å². The third-order valence-electron chi connectivity index (χ3n) is 0.238. The molecule has 6 nitrogen and oxygen atoms in total. The molecule has 0 bridgehead atoms. The summed E-state index contributed by atoms with van der Waals surface area (Å²) in [5, 5.41) is 0. The fourth-order valence-corrected chi connectivity index (χ4v) is 0. The van der Waals surface area contributed by atoms with Crippen molar-refractivity contribution in [3.05, 3.63) is 0 Å². The monoisotopic (exact) mass is 190 g/mol. The van der Waals surface area contributed by atoms with Crippen LogP contribution in [0.4, 0.5) is 0 Å². The first-order valence-electron chi connectivity index (χ1n) is 1.17. The summed E-state index contributed by atoms with van der Waals surface area (Å²) in [6.07, 6.45) is 0. The molecule has 8 N–H and O–H groups in total. The topological polar surface area (TPSA) is 137 Å². The van der Waals surface area contributed by atoms with Gasteiger partial charge in [-0.2, -0.15) is 0 Å². The first-order valence-corrected chi connectivity index (χ1v) is 4.38. The van der Waals surface area contributed by atoms with E-state index < -0.39 is 14.5 Å². The molecule has 0 radical (unpaired) electrons. The van der Waals surface area contributed by atoms with Crippen LogP contribution in [0.15, 0.2) is 0 Å². The Labute approximate surface area is 50.4 Å². The van der Waals surface area contributed by atoms with Crippen LogP contribution in [0.1, 0.15) is 0 Å². The van der Waals surface area contributed by atoms with Gasteiger partial charge in [-0.15, -0.1) is 0 Å². The van der Waals surface area contributed by atoms with Crippen LogP contribution in [-0.2, 0) is 7.47 Å². The van der Waals surface area contributed by atoms with E-state index in [1.807, 2.05) is 0 Å². The largest absolute Gasteiger partial charge is 0.344 e. The summed E-state index contributed by atoms with van der Waals surface area (Å²) in [4.78, 5) is 0. The Morgan fingerprint density at radius 1 is 1.38 bits per heavy atom. The van der Waals surface area contributed by atoms with E-state index in [0.717, 1.165) is 7.11 Å². The summed E-state index contributed by atoms with van der Waals surface area (Å²) < 4.78 is 28.8. The van der Waals surface area contributed by atoms with Gasteiger partial charge >= 0.3 is 37.3 Å². The van der Waals surface area contributed by atoms with Gasteiger partial charge in [-0.25, -0.2) is 0 Å². The summed E-state index contributed by atoms with van der Waals surface area (Å²) >= 11 is -4.66. The number of hydrogen-bond acceptors (Lipinski definition) is 4. The van der Waals surface area contributed by atoms with Crippen molar-refractivity contribution in [1.82, 2.24) is 12.3 Å². The molecule has 0 aromatic carbocycles. The molecule has 0 saturated heterocycles. The third kappa shape index (κ3) is 16.4. The Hall–Kier alpha value is 0.158. The molecule has 0 amide bonds. The van der Waals surface area contributed by atoms with E-state index in [0.29, 0.717) is 0 Å². The number of hydrogen-bond donors (Lipinski definition) is 4. The van der Waals surface area contributed by atoms with E-state index in [9.17, 15) is 3.74 Å². The minimum atomic E-state index is -4.66. The van der Waals surface area contributed by atoms with E-state index in [2.05, 4.69) is 3.73 Å². The Bertz CT molecular complexity index is 78.1. The molecule has 0 aromatic heterocycles. The maximum atomic E-state index is 9.53. The molecule has 0 spiro atoms. The molecule has 0 fully saturated rings. The van der Waals surface area contributed by atoms with Crippen LogP contribution in [0.3, 0.4) is 0 Å². The average molecular weight is 190 g/mol. The van der Waals surface area contributed by atoms with Crippen LogP contribution in [-0.4, -0.2) is 29.8 Å². The van der Waals surface area contributed by atoms with Crippen LogP contribution in [0.2, 0.25) is 0 Å². The maximum absolute atomic E-state index is 9.53. The fourth-order valence-electron chi connectivity index (χ4n) is 0.